The quantitative estimate of drug-likeness (QED) is 0.693. The molecule has 6 heteroatoms. The van der Waals surface area contributed by atoms with Crippen LogP contribution in [-0.2, 0) is 17.8 Å². The van der Waals surface area contributed by atoms with Gasteiger partial charge in [0.05, 0.1) is 6.42 Å². The van der Waals surface area contributed by atoms with Crippen molar-refractivity contribution in [2.45, 2.75) is 13.0 Å². The van der Waals surface area contributed by atoms with Crippen molar-refractivity contribution < 1.29 is 13.9 Å². The molecule has 0 spiro atoms. The summed E-state index contributed by atoms with van der Waals surface area (Å²) in [7, 11) is 0. The second kappa shape index (κ2) is 8.45. The Morgan fingerprint density at radius 3 is 2.65 bits per heavy atom. The van der Waals surface area contributed by atoms with Crippen LogP contribution in [0.15, 0.2) is 66.9 Å². The molecule has 1 amide bonds. The van der Waals surface area contributed by atoms with E-state index in [0.29, 0.717) is 17.2 Å². The van der Waals surface area contributed by atoms with Crippen LogP contribution in [0.2, 0.25) is 5.02 Å². The summed E-state index contributed by atoms with van der Waals surface area (Å²) in [5.74, 6) is 0.431. The Labute approximate surface area is 155 Å². The number of rotatable bonds is 6. The number of benzene rings is 2. The van der Waals surface area contributed by atoms with E-state index in [2.05, 4.69) is 10.3 Å². The van der Waals surface area contributed by atoms with Crippen LogP contribution in [-0.4, -0.2) is 10.9 Å². The Morgan fingerprint density at radius 2 is 1.88 bits per heavy atom. The van der Waals surface area contributed by atoms with Gasteiger partial charge in [-0.05, 0) is 35.9 Å². The Morgan fingerprint density at radius 1 is 1.08 bits per heavy atom. The normalized spacial score (nSPS) is 10.4. The van der Waals surface area contributed by atoms with Gasteiger partial charge < -0.3 is 10.1 Å². The second-order valence-electron chi connectivity index (χ2n) is 5.57. The van der Waals surface area contributed by atoms with E-state index in [0.717, 1.165) is 5.56 Å². The summed E-state index contributed by atoms with van der Waals surface area (Å²) in [4.78, 5) is 16.4. The van der Waals surface area contributed by atoms with E-state index in [1.54, 1.807) is 12.3 Å². The van der Waals surface area contributed by atoms with Crippen LogP contribution >= 0.6 is 11.6 Å². The fourth-order valence-corrected chi connectivity index (χ4v) is 2.58. The summed E-state index contributed by atoms with van der Waals surface area (Å²) in [5, 5.41) is 3.04. The van der Waals surface area contributed by atoms with Crippen molar-refractivity contribution in [3.63, 3.8) is 0 Å². The first-order chi connectivity index (χ1) is 12.6. The molecule has 0 aliphatic heterocycles. The first-order valence-electron chi connectivity index (χ1n) is 7.99. The van der Waals surface area contributed by atoms with Crippen molar-refractivity contribution in [3.05, 3.63) is 88.8 Å². The summed E-state index contributed by atoms with van der Waals surface area (Å²) in [6, 6.07) is 16.9. The molecule has 0 fully saturated rings. The van der Waals surface area contributed by atoms with E-state index in [9.17, 15) is 9.18 Å². The number of para-hydroxylation sites is 1. The van der Waals surface area contributed by atoms with Crippen molar-refractivity contribution in [3.8, 4) is 11.6 Å². The van der Waals surface area contributed by atoms with E-state index in [4.69, 9.17) is 16.3 Å². The van der Waals surface area contributed by atoms with Gasteiger partial charge in [0, 0.05) is 23.3 Å². The molecule has 3 aromatic rings. The zero-order chi connectivity index (χ0) is 18.4. The minimum absolute atomic E-state index is 0.0637. The molecule has 0 atom stereocenters. The topological polar surface area (TPSA) is 51.2 Å². The largest absolute Gasteiger partial charge is 0.439 e. The molecule has 0 aliphatic carbocycles. The standard InChI is InChI=1S/C20H16ClFN2O2/c21-18-12-16(22)9-8-14(18)11-19(25)24-13-15-5-4-10-23-20(15)26-17-6-2-1-3-7-17/h1-10,12H,11,13H2,(H,24,25). The minimum atomic E-state index is -0.433. The highest BCUT2D eigenvalue weighted by atomic mass is 35.5. The molecule has 0 aliphatic rings. The number of halogens is 2. The highest BCUT2D eigenvalue weighted by Gasteiger charge is 2.10. The number of aromatic nitrogens is 1. The Bertz CT molecular complexity index is 903. The number of hydrogen-bond acceptors (Lipinski definition) is 3. The molecule has 26 heavy (non-hydrogen) atoms. The number of carbonyl (C=O) groups is 1. The van der Waals surface area contributed by atoms with Gasteiger partial charge in [0.1, 0.15) is 11.6 Å². The van der Waals surface area contributed by atoms with Crippen LogP contribution in [0, 0.1) is 5.82 Å². The molecular weight excluding hydrogens is 355 g/mol. The van der Waals surface area contributed by atoms with E-state index >= 15 is 0 Å². The van der Waals surface area contributed by atoms with Gasteiger partial charge in [-0.3, -0.25) is 4.79 Å². The number of hydrogen-bond donors (Lipinski definition) is 1. The van der Waals surface area contributed by atoms with Crippen molar-refractivity contribution in [1.29, 1.82) is 0 Å². The lowest BCUT2D eigenvalue weighted by Gasteiger charge is -2.11. The van der Waals surface area contributed by atoms with Gasteiger partial charge in [-0.1, -0.05) is 41.9 Å². The van der Waals surface area contributed by atoms with Crippen LogP contribution in [0.4, 0.5) is 4.39 Å². The Hall–Kier alpha value is -2.92. The third-order valence-electron chi connectivity index (χ3n) is 3.65. The van der Waals surface area contributed by atoms with Crippen molar-refractivity contribution in [2.24, 2.45) is 0 Å². The SMILES string of the molecule is O=C(Cc1ccc(F)cc1Cl)NCc1cccnc1Oc1ccccc1. The number of nitrogens with zero attached hydrogens (tertiary/aromatic N) is 1. The van der Waals surface area contributed by atoms with Crippen LogP contribution in [0.1, 0.15) is 11.1 Å². The van der Waals surface area contributed by atoms with E-state index in [1.807, 2.05) is 36.4 Å². The zero-order valence-corrected chi connectivity index (χ0v) is 14.5. The van der Waals surface area contributed by atoms with Crippen LogP contribution < -0.4 is 10.1 Å². The molecule has 0 saturated heterocycles. The number of amides is 1. The molecule has 1 heterocycles. The van der Waals surface area contributed by atoms with Gasteiger partial charge in [-0.2, -0.15) is 0 Å². The second-order valence-corrected chi connectivity index (χ2v) is 5.98. The third-order valence-corrected chi connectivity index (χ3v) is 4.00. The van der Waals surface area contributed by atoms with Gasteiger partial charge in [-0.25, -0.2) is 9.37 Å². The summed E-state index contributed by atoms with van der Waals surface area (Å²) >= 11 is 5.96. The summed E-state index contributed by atoms with van der Waals surface area (Å²) in [6.45, 7) is 0.258. The average Bonchev–Trinajstić information content (AvgIpc) is 2.64. The third kappa shape index (κ3) is 4.80. The summed E-state index contributed by atoms with van der Waals surface area (Å²) in [6.07, 6.45) is 1.69. The fourth-order valence-electron chi connectivity index (χ4n) is 2.35. The first kappa shape index (κ1) is 17.9. The lowest BCUT2D eigenvalue weighted by atomic mass is 10.1. The number of pyridine rings is 1. The molecule has 0 unspecified atom stereocenters. The van der Waals surface area contributed by atoms with Crippen LogP contribution in [0.25, 0.3) is 0 Å². The molecule has 2 aromatic carbocycles. The van der Waals surface area contributed by atoms with Gasteiger partial charge in [-0.15, -0.1) is 0 Å². The molecule has 4 nitrogen and oxygen atoms in total. The van der Waals surface area contributed by atoms with Crippen LogP contribution in [0.3, 0.4) is 0 Å². The van der Waals surface area contributed by atoms with E-state index < -0.39 is 5.82 Å². The molecular formula is C20H16ClFN2O2. The molecule has 3 rings (SSSR count). The molecule has 0 radical (unpaired) electrons. The number of carbonyl (C=O) groups excluding carboxylic acids is 1. The summed E-state index contributed by atoms with van der Waals surface area (Å²) in [5.41, 5.74) is 1.31. The lowest BCUT2D eigenvalue weighted by molar-refractivity contribution is -0.120. The maximum atomic E-state index is 13.1. The van der Waals surface area contributed by atoms with Gasteiger partial charge in [0.25, 0.3) is 0 Å². The fraction of sp³-hybridized carbons (Fsp3) is 0.100. The maximum absolute atomic E-state index is 13.1. The lowest BCUT2D eigenvalue weighted by Crippen LogP contribution is -2.25. The van der Waals surface area contributed by atoms with Crippen molar-refractivity contribution in [1.82, 2.24) is 10.3 Å². The summed E-state index contributed by atoms with van der Waals surface area (Å²) < 4.78 is 18.8. The van der Waals surface area contributed by atoms with E-state index in [1.165, 1.54) is 18.2 Å². The monoisotopic (exact) mass is 370 g/mol. The van der Waals surface area contributed by atoms with Crippen LogP contribution in [0.5, 0.6) is 11.6 Å². The average molecular weight is 371 g/mol. The first-order valence-corrected chi connectivity index (χ1v) is 8.37. The number of nitrogens with one attached hydrogen (secondary N) is 1. The Balaban J connectivity index is 1.63. The Kier molecular flexibility index (Phi) is 5.81. The molecule has 0 bridgehead atoms. The smallest absolute Gasteiger partial charge is 0.224 e. The molecule has 132 valence electrons. The predicted molar refractivity (Wildman–Crippen MR) is 97.7 cm³/mol. The molecule has 1 N–H and O–H groups in total. The minimum Gasteiger partial charge on any atom is -0.439 e. The maximum Gasteiger partial charge on any atom is 0.224 e. The van der Waals surface area contributed by atoms with Gasteiger partial charge in [0.15, 0.2) is 0 Å². The zero-order valence-electron chi connectivity index (χ0n) is 13.8. The van der Waals surface area contributed by atoms with Crippen molar-refractivity contribution >= 4 is 17.5 Å². The van der Waals surface area contributed by atoms with E-state index in [-0.39, 0.29) is 23.9 Å². The van der Waals surface area contributed by atoms with Crippen molar-refractivity contribution in [2.75, 3.05) is 0 Å². The predicted octanol–water partition coefficient (Wildman–Crippen LogP) is 4.53. The highest BCUT2D eigenvalue weighted by molar-refractivity contribution is 6.31. The molecule has 1 aromatic heterocycles. The number of ether oxygens (including phenoxy) is 1. The molecule has 0 saturated carbocycles. The van der Waals surface area contributed by atoms with Gasteiger partial charge >= 0.3 is 0 Å². The van der Waals surface area contributed by atoms with Gasteiger partial charge in [0.2, 0.25) is 11.8 Å². The highest BCUT2D eigenvalue weighted by Crippen LogP contribution is 2.22.